The molecule has 0 unspecified atom stereocenters. The molecule has 0 aliphatic rings. The second-order valence-corrected chi connectivity index (χ2v) is 8.37. The van der Waals surface area contributed by atoms with Crippen LogP contribution >= 0.6 is 0 Å². The summed E-state index contributed by atoms with van der Waals surface area (Å²) in [5, 5.41) is 0. The van der Waals surface area contributed by atoms with Gasteiger partial charge in [0.25, 0.3) is 10.1 Å². The number of ketones is 1. The zero-order valence-electron chi connectivity index (χ0n) is 16.0. The molecule has 0 N–H and O–H groups in total. The quantitative estimate of drug-likeness (QED) is 0.283. The number of carbonyl (C=O) groups excluding carboxylic acids is 1. The molecule has 0 aliphatic heterocycles. The Bertz CT molecular complexity index is 902. The molecule has 0 heterocycles. The number of Topliss-reactive ketones (excluding diaryl/α,β-unsaturated/α-hetero) is 1. The van der Waals surface area contributed by atoms with Crippen LogP contribution in [0.3, 0.4) is 0 Å². The molecule has 2 aromatic rings. The second kappa shape index (κ2) is 10.0. The van der Waals surface area contributed by atoms with Crippen molar-refractivity contribution in [2.45, 2.75) is 50.1 Å². The average Bonchev–Trinajstić information content (AvgIpc) is 2.67. The minimum Gasteiger partial charge on any atom is -0.294 e. The lowest BCUT2D eigenvalue weighted by Crippen LogP contribution is -2.07. The largest absolute Gasteiger partial charge is 0.416 e. The van der Waals surface area contributed by atoms with Crippen LogP contribution in [0.2, 0.25) is 0 Å². The predicted molar refractivity (Wildman–Crippen MR) is 103 cm³/mol. The highest BCUT2D eigenvalue weighted by molar-refractivity contribution is 7.86. The minimum absolute atomic E-state index is 0.0586. The molecule has 0 bridgehead atoms. The molecule has 0 spiro atoms. The van der Waals surface area contributed by atoms with Gasteiger partial charge in [-0.2, -0.15) is 21.6 Å². The molecule has 0 aliphatic carbocycles. The summed E-state index contributed by atoms with van der Waals surface area (Å²) in [5.41, 5.74) is 0.426. The maximum atomic E-state index is 12.5. The molecule has 29 heavy (non-hydrogen) atoms. The Morgan fingerprint density at radius 1 is 0.897 bits per heavy atom. The number of rotatable bonds is 10. The first kappa shape index (κ1) is 23.1. The molecule has 8 heteroatoms. The smallest absolute Gasteiger partial charge is 0.294 e. The van der Waals surface area contributed by atoms with Crippen LogP contribution in [0.5, 0.6) is 0 Å². The molecule has 0 aromatic heterocycles. The molecule has 4 nitrogen and oxygen atoms in total. The third kappa shape index (κ3) is 7.29. The highest BCUT2D eigenvalue weighted by Gasteiger charge is 2.30. The van der Waals surface area contributed by atoms with Crippen LogP contribution in [0.25, 0.3) is 0 Å². The van der Waals surface area contributed by atoms with E-state index < -0.39 is 21.9 Å². The zero-order valence-corrected chi connectivity index (χ0v) is 16.9. The molecule has 2 aromatic carbocycles. The van der Waals surface area contributed by atoms with E-state index in [4.69, 9.17) is 4.18 Å². The summed E-state index contributed by atoms with van der Waals surface area (Å²) < 4.78 is 66.6. The van der Waals surface area contributed by atoms with Gasteiger partial charge in [-0.05, 0) is 44.0 Å². The maximum absolute atomic E-state index is 12.5. The van der Waals surface area contributed by atoms with Crippen molar-refractivity contribution in [3.63, 3.8) is 0 Å². The summed E-state index contributed by atoms with van der Waals surface area (Å²) >= 11 is 0. The van der Waals surface area contributed by atoms with Crippen LogP contribution in [0.4, 0.5) is 13.2 Å². The van der Waals surface area contributed by atoms with Gasteiger partial charge < -0.3 is 0 Å². The fourth-order valence-electron chi connectivity index (χ4n) is 2.67. The lowest BCUT2D eigenvalue weighted by atomic mass is 10.0. The van der Waals surface area contributed by atoms with Gasteiger partial charge in [-0.1, -0.05) is 42.7 Å². The Morgan fingerprint density at radius 3 is 2.07 bits per heavy atom. The Balaban J connectivity index is 1.65. The van der Waals surface area contributed by atoms with E-state index in [1.54, 1.807) is 12.1 Å². The van der Waals surface area contributed by atoms with Crippen LogP contribution in [-0.2, 0) is 20.5 Å². The molecule has 0 amide bonds. The van der Waals surface area contributed by atoms with Gasteiger partial charge in [0.05, 0.1) is 17.1 Å². The predicted octanol–water partition coefficient (Wildman–Crippen LogP) is 5.55. The molecule has 158 valence electrons. The SMILES string of the molecule is Cc1ccc(S(=O)(=O)OCCCCCCC(=O)c2ccc(C(F)(F)F)cc2)cc1. The van der Waals surface area contributed by atoms with Crippen LogP contribution < -0.4 is 0 Å². The number of carbonyl (C=O) groups is 1. The van der Waals surface area contributed by atoms with Gasteiger partial charge in [-0.3, -0.25) is 8.98 Å². The van der Waals surface area contributed by atoms with Gasteiger partial charge >= 0.3 is 6.18 Å². The number of unbranched alkanes of at least 4 members (excludes halogenated alkanes) is 3. The van der Waals surface area contributed by atoms with E-state index in [-0.39, 0.29) is 29.3 Å². The number of aryl methyl sites for hydroxylation is 1. The van der Waals surface area contributed by atoms with Crippen LogP contribution in [0.1, 0.15) is 53.6 Å². The molecule has 0 fully saturated rings. The third-order valence-corrected chi connectivity index (χ3v) is 5.71. The number of alkyl halides is 3. The molecular weight excluding hydrogens is 405 g/mol. The highest BCUT2D eigenvalue weighted by Crippen LogP contribution is 2.29. The van der Waals surface area contributed by atoms with Crippen LogP contribution in [-0.4, -0.2) is 20.8 Å². The van der Waals surface area contributed by atoms with E-state index in [0.717, 1.165) is 17.7 Å². The van der Waals surface area contributed by atoms with Crippen LogP contribution in [0.15, 0.2) is 53.4 Å². The van der Waals surface area contributed by atoms with Gasteiger partial charge in [-0.15, -0.1) is 0 Å². The van der Waals surface area contributed by atoms with Gasteiger partial charge in [0.2, 0.25) is 0 Å². The standard InChI is InChI=1S/C21H23F3O4S/c1-16-7-13-19(14-8-16)29(26,27)28-15-5-3-2-4-6-20(25)17-9-11-18(12-10-17)21(22,23)24/h7-14H,2-6,15H2,1H3. The normalized spacial score (nSPS) is 12.1. The molecule has 0 atom stereocenters. The molecule has 0 radical (unpaired) electrons. The van der Waals surface area contributed by atoms with Crippen molar-refractivity contribution in [2.24, 2.45) is 0 Å². The lowest BCUT2D eigenvalue weighted by molar-refractivity contribution is -0.137. The first-order chi connectivity index (χ1) is 13.6. The van der Waals surface area contributed by atoms with Crippen molar-refractivity contribution < 1.29 is 30.6 Å². The maximum Gasteiger partial charge on any atom is 0.416 e. The lowest BCUT2D eigenvalue weighted by Gasteiger charge is -2.07. The minimum atomic E-state index is -4.42. The van der Waals surface area contributed by atoms with E-state index >= 15 is 0 Å². The number of halogens is 3. The van der Waals surface area contributed by atoms with E-state index in [9.17, 15) is 26.4 Å². The Kier molecular flexibility index (Phi) is 7.98. The van der Waals surface area contributed by atoms with E-state index in [1.165, 1.54) is 24.3 Å². The average molecular weight is 428 g/mol. The van der Waals surface area contributed by atoms with Crippen molar-refractivity contribution in [3.05, 3.63) is 65.2 Å². The van der Waals surface area contributed by atoms with Crippen molar-refractivity contribution in [2.75, 3.05) is 6.61 Å². The number of hydrogen-bond acceptors (Lipinski definition) is 4. The summed E-state index contributed by atoms with van der Waals surface area (Å²) in [6, 6.07) is 10.6. The first-order valence-electron chi connectivity index (χ1n) is 9.26. The Labute approximate surface area is 168 Å². The van der Waals surface area contributed by atoms with Gasteiger partial charge in [0, 0.05) is 12.0 Å². The van der Waals surface area contributed by atoms with Gasteiger partial charge in [-0.25, -0.2) is 0 Å². The summed E-state index contributed by atoms with van der Waals surface area (Å²) in [5.74, 6) is -0.211. The molecule has 2 rings (SSSR count). The fraction of sp³-hybridized carbons (Fsp3) is 0.381. The fourth-order valence-corrected chi connectivity index (χ4v) is 3.61. The number of hydrogen-bond donors (Lipinski definition) is 0. The van der Waals surface area contributed by atoms with Crippen molar-refractivity contribution in [1.82, 2.24) is 0 Å². The van der Waals surface area contributed by atoms with Crippen molar-refractivity contribution >= 4 is 15.9 Å². The third-order valence-electron chi connectivity index (χ3n) is 4.38. The topological polar surface area (TPSA) is 60.4 Å². The van der Waals surface area contributed by atoms with E-state index in [2.05, 4.69) is 0 Å². The second-order valence-electron chi connectivity index (χ2n) is 6.75. The summed E-state index contributed by atoms with van der Waals surface area (Å²) in [6.07, 6.45) is -1.71. The van der Waals surface area contributed by atoms with E-state index in [0.29, 0.717) is 25.7 Å². The van der Waals surface area contributed by atoms with Crippen LogP contribution in [0, 0.1) is 6.92 Å². The monoisotopic (exact) mass is 428 g/mol. The van der Waals surface area contributed by atoms with Gasteiger partial charge in [0.1, 0.15) is 0 Å². The number of benzene rings is 2. The summed E-state index contributed by atoms with van der Waals surface area (Å²) in [7, 11) is -3.77. The summed E-state index contributed by atoms with van der Waals surface area (Å²) in [4.78, 5) is 12.1. The molecular formula is C21H23F3O4S. The van der Waals surface area contributed by atoms with Crippen molar-refractivity contribution in [3.8, 4) is 0 Å². The van der Waals surface area contributed by atoms with Crippen molar-refractivity contribution in [1.29, 1.82) is 0 Å². The molecule has 0 saturated heterocycles. The highest BCUT2D eigenvalue weighted by atomic mass is 32.2. The summed E-state index contributed by atoms with van der Waals surface area (Å²) in [6.45, 7) is 1.92. The Hall–Kier alpha value is -2.19. The Morgan fingerprint density at radius 2 is 1.48 bits per heavy atom. The van der Waals surface area contributed by atoms with E-state index in [1.807, 2.05) is 6.92 Å². The first-order valence-corrected chi connectivity index (χ1v) is 10.7. The zero-order chi connectivity index (χ0) is 21.5. The van der Waals surface area contributed by atoms with Gasteiger partial charge in [0.15, 0.2) is 5.78 Å². The molecule has 0 saturated carbocycles.